The summed E-state index contributed by atoms with van der Waals surface area (Å²) in [6.45, 7) is 0.604. The van der Waals surface area contributed by atoms with Gasteiger partial charge in [0.25, 0.3) is 0 Å². The average molecular weight is 163 g/mol. The third-order valence-electron chi connectivity index (χ3n) is 1.03. The van der Waals surface area contributed by atoms with Gasteiger partial charge in [-0.05, 0) is 13.0 Å². The van der Waals surface area contributed by atoms with E-state index in [1.165, 1.54) is 0 Å². The minimum absolute atomic E-state index is 0.604. The van der Waals surface area contributed by atoms with Crippen LogP contribution in [0.4, 0.5) is 0 Å². The van der Waals surface area contributed by atoms with E-state index in [0.717, 1.165) is 6.42 Å². The van der Waals surface area contributed by atoms with Crippen LogP contribution in [0, 0.1) is 0 Å². The predicted molar refractivity (Wildman–Crippen MR) is 38.1 cm³/mol. The predicted octanol–water partition coefficient (Wildman–Crippen LogP) is -0.763. The van der Waals surface area contributed by atoms with Gasteiger partial charge in [0.1, 0.15) is 5.84 Å². The van der Waals surface area contributed by atoms with E-state index in [2.05, 4.69) is 14.2 Å². The minimum Gasteiger partial charge on any atom is -0.330 e. The van der Waals surface area contributed by atoms with E-state index in [1.54, 1.807) is 0 Å². The molecule has 1 atom stereocenters. The van der Waals surface area contributed by atoms with Crippen LogP contribution in [0.5, 0.6) is 0 Å². The Bertz CT molecular complexity index is 170. The monoisotopic (exact) mass is 163 g/mol. The first-order chi connectivity index (χ1) is 4.83. The van der Waals surface area contributed by atoms with Crippen LogP contribution in [0.15, 0.2) is 4.40 Å². The van der Waals surface area contributed by atoms with Crippen LogP contribution < -0.4 is 11.2 Å². The Morgan fingerprint density at radius 2 is 2.60 bits per heavy atom. The summed E-state index contributed by atoms with van der Waals surface area (Å²) >= 11 is -1.52. The normalized spacial score (nSPS) is 24.1. The second-order valence-corrected chi connectivity index (χ2v) is 2.62. The van der Waals surface area contributed by atoms with Crippen molar-refractivity contribution in [2.45, 2.75) is 12.8 Å². The smallest absolute Gasteiger partial charge is 0.309 e. The minimum atomic E-state index is -1.52. The molecule has 3 N–H and O–H groups in total. The molecule has 1 heterocycles. The number of hydroxylamine groups is 1. The van der Waals surface area contributed by atoms with Crippen molar-refractivity contribution in [2.75, 3.05) is 6.54 Å². The lowest BCUT2D eigenvalue weighted by atomic mass is 10.3. The van der Waals surface area contributed by atoms with Gasteiger partial charge in [0.2, 0.25) is 0 Å². The number of nitrogens with one attached hydrogen (secondary N) is 1. The number of amidine groups is 1. The van der Waals surface area contributed by atoms with Crippen molar-refractivity contribution in [1.29, 1.82) is 0 Å². The molecule has 1 unspecified atom stereocenters. The van der Waals surface area contributed by atoms with Crippen LogP contribution in [0.3, 0.4) is 0 Å². The highest BCUT2D eigenvalue weighted by Crippen LogP contribution is 1.99. The average Bonchev–Trinajstić information content (AvgIpc) is 2.31. The number of hydrogen-bond donors (Lipinski definition) is 2. The standard InChI is InChI=1S/C4H9N3O2S/c5-3-1-2-4-6-9-10(8)7-4/h1-3,5H2,(H,6,7). The van der Waals surface area contributed by atoms with Crippen molar-refractivity contribution in [2.24, 2.45) is 10.1 Å². The Morgan fingerprint density at radius 1 is 1.80 bits per heavy atom. The van der Waals surface area contributed by atoms with E-state index in [0.29, 0.717) is 18.8 Å². The molecular formula is C4H9N3O2S. The Hall–Kier alpha value is -0.460. The second-order valence-electron chi connectivity index (χ2n) is 1.83. The van der Waals surface area contributed by atoms with Crippen LogP contribution in [0.25, 0.3) is 0 Å². The van der Waals surface area contributed by atoms with E-state index >= 15 is 0 Å². The molecule has 0 radical (unpaired) electrons. The molecule has 0 bridgehead atoms. The first-order valence-electron chi connectivity index (χ1n) is 2.96. The maximum Gasteiger partial charge on any atom is 0.309 e. The quantitative estimate of drug-likeness (QED) is 0.573. The van der Waals surface area contributed by atoms with Crippen molar-refractivity contribution >= 4 is 17.1 Å². The molecular weight excluding hydrogens is 154 g/mol. The Balaban J connectivity index is 2.28. The molecule has 1 aliphatic rings. The molecule has 10 heavy (non-hydrogen) atoms. The highest BCUT2D eigenvalue weighted by atomic mass is 32.2. The van der Waals surface area contributed by atoms with Gasteiger partial charge in [-0.25, -0.2) is 9.69 Å². The Kier molecular flexibility index (Phi) is 2.79. The third kappa shape index (κ3) is 2.05. The number of nitrogens with two attached hydrogens (primary N) is 1. The summed E-state index contributed by atoms with van der Waals surface area (Å²) in [5, 5.41) is 0. The molecule has 0 saturated heterocycles. The molecule has 0 amide bonds. The summed E-state index contributed by atoms with van der Waals surface area (Å²) in [6, 6.07) is 0. The van der Waals surface area contributed by atoms with Gasteiger partial charge in [0.05, 0.1) is 0 Å². The first kappa shape index (κ1) is 7.64. The van der Waals surface area contributed by atoms with E-state index < -0.39 is 11.3 Å². The fraction of sp³-hybridized carbons (Fsp3) is 0.750. The second kappa shape index (κ2) is 3.65. The third-order valence-corrected chi connectivity index (χ3v) is 1.63. The molecule has 0 fully saturated rings. The Morgan fingerprint density at radius 3 is 3.10 bits per heavy atom. The van der Waals surface area contributed by atoms with E-state index in [9.17, 15) is 4.21 Å². The van der Waals surface area contributed by atoms with Gasteiger partial charge in [0.15, 0.2) is 0 Å². The number of hydrogen-bond acceptors (Lipinski definition) is 4. The van der Waals surface area contributed by atoms with Crippen LogP contribution in [0.2, 0.25) is 0 Å². The van der Waals surface area contributed by atoms with E-state index in [-0.39, 0.29) is 0 Å². The van der Waals surface area contributed by atoms with Gasteiger partial charge in [-0.1, -0.05) is 0 Å². The van der Waals surface area contributed by atoms with Gasteiger partial charge in [0, 0.05) is 6.42 Å². The highest BCUT2D eigenvalue weighted by molar-refractivity contribution is 7.79. The number of rotatable bonds is 3. The van der Waals surface area contributed by atoms with Crippen LogP contribution in [0.1, 0.15) is 12.8 Å². The van der Waals surface area contributed by atoms with Crippen LogP contribution >= 0.6 is 0 Å². The van der Waals surface area contributed by atoms with Gasteiger partial charge in [-0.15, -0.1) is 4.40 Å². The maximum absolute atomic E-state index is 10.4. The highest BCUT2D eigenvalue weighted by Gasteiger charge is 2.11. The van der Waals surface area contributed by atoms with Crippen LogP contribution in [-0.2, 0) is 15.6 Å². The molecule has 0 aromatic carbocycles. The number of nitrogens with zero attached hydrogens (tertiary/aromatic N) is 1. The maximum atomic E-state index is 10.4. The fourth-order valence-corrected chi connectivity index (χ4v) is 1.09. The summed E-state index contributed by atoms with van der Waals surface area (Å²) in [7, 11) is 0. The zero-order valence-electron chi connectivity index (χ0n) is 5.37. The summed E-state index contributed by atoms with van der Waals surface area (Å²) in [5.74, 6) is 0.615. The molecule has 1 aliphatic heterocycles. The summed E-state index contributed by atoms with van der Waals surface area (Å²) in [4.78, 5) is 0. The van der Waals surface area contributed by atoms with Crippen molar-refractivity contribution in [1.82, 2.24) is 5.48 Å². The zero-order valence-corrected chi connectivity index (χ0v) is 6.19. The van der Waals surface area contributed by atoms with Crippen LogP contribution in [-0.4, -0.2) is 16.6 Å². The summed E-state index contributed by atoms with van der Waals surface area (Å²) < 4.78 is 18.5. The van der Waals surface area contributed by atoms with Crippen molar-refractivity contribution in [3.8, 4) is 0 Å². The van der Waals surface area contributed by atoms with Gasteiger partial charge in [-0.2, -0.15) is 4.28 Å². The molecule has 0 aromatic rings. The van der Waals surface area contributed by atoms with Gasteiger partial charge >= 0.3 is 11.3 Å². The molecule has 0 aromatic heterocycles. The SMILES string of the molecule is NCCCC1=NS(=O)ON1. The molecule has 1 rings (SSSR count). The first-order valence-corrected chi connectivity index (χ1v) is 3.99. The molecule has 0 saturated carbocycles. The lowest BCUT2D eigenvalue weighted by Crippen LogP contribution is -2.17. The largest absolute Gasteiger partial charge is 0.330 e. The van der Waals surface area contributed by atoms with E-state index in [4.69, 9.17) is 5.73 Å². The van der Waals surface area contributed by atoms with E-state index in [1.807, 2.05) is 0 Å². The van der Waals surface area contributed by atoms with Gasteiger partial charge < -0.3 is 5.73 Å². The zero-order chi connectivity index (χ0) is 7.40. The lowest BCUT2D eigenvalue weighted by Gasteiger charge is -1.94. The van der Waals surface area contributed by atoms with Gasteiger partial charge in [-0.3, -0.25) is 0 Å². The molecule has 0 aliphatic carbocycles. The topological polar surface area (TPSA) is 76.7 Å². The van der Waals surface area contributed by atoms with Crippen molar-refractivity contribution in [3.05, 3.63) is 0 Å². The summed E-state index contributed by atoms with van der Waals surface area (Å²) in [5.41, 5.74) is 7.68. The fourth-order valence-electron chi connectivity index (χ4n) is 0.577. The summed E-state index contributed by atoms with van der Waals surface area (Å²) in [6.07, 6.45) is 1.52. The lowest BCUT2D eigenvalue weighted by molar-refractivity contribution is 0.302. The molecule has 58 valence electrons. The Labute approximate surface area is 61.4 Å². The molecule has 6 heteroatoms. The van der Waals surface area contributed by atoms with Crippen molar-refractivity contribution < 1.29 is 8.49 Å². The molecule has 5 nitrogen and oxygen atoms in total. The van der Waals surface area contributed by atoms with Crippen molar-refractivity contribution in [3.63, 3.8) is 0 Å². The molecule has 0 spiro atoms.